The van der Waals surface area contributed by atoms with Crippen LogP contribution in [-0.2, 0) is 6.54 Å². The van der Waals surface area contributed by atoms with Gasteiger partial charge in [-0.3, -0.25) is 0 Å². The summed E-state index contributed by atoms with van der Waals surface area (Å²) in [4.78, 5) is 6.84. The molecule has 0 aromatic carbocycles. The average molecular weight is 249 g/mol. The SMILES string of the molecule is CCNCc1cccnc1N1CCCC(CO)C1. The minimum Gasteiger partial charge on any atom is -0.396 e. The molecule has 0 bridgehead atoms. The standard InChI is InChI=1S/C14H23N3O/c1-2-15-9-13-6-3-7-16-14(13)17-8-4-5-12(10-17)11-18/h3,6-7,12,15,18H,2,4-5,8-11H2,1H3. The molecule has 0 spiro atoms. The molecule has 1 aromatic heterocycles. The minimum atomic E-state index is 0.284. The number of aliphatic hydroxyl groups excluding tert-OH is 1. The van der Waals surface area contributed by atoms with Crippen LogP contribution in [0.1, 0.15) is 25.3 Å². The molecule has 18 heavy (non-hydrogen) atoms. The van der Waals surface area contributed by atoms with Crippen molar-refractivity contribution in [2.45, 2.75) is 26.3 Å². The highest BCUT2D eigenvalue weighted by atomic mass is 16.3. The van der Waals surface area contributed by atoms with Crippen molar-refractivity contribution in [3.63, 3.8) is 0 Å². The molecular weight excluding hydrogens is 226 g/mol. The molecule has 1 fully saturated rings. The van der Waals surface area contributed by atoms with Crippen molar-refractivity contribution in [2.24, 2.45) is 5.92 Å². The smallest absolute Gasteiger partial charge is 0.133 e. The highest BCUT2D eigenvalue weighted by Crippen LogP contribution is 2.24. The van der Waals surface area contributed by atoms with Crippen molar-refractivity contribution in [1.29, 1.82) is 0 Å². The van der Waals surface area contributed by atoms with E-state index in [0.717, 1.165) is 44.8 Å². The van der Waals surface area contributed by atoms with Crippen molar-refractivity contribution in [3.05, 3.63) is 23.9 Å². The Hall–Kier alpha value is -1.13. The Labute approximate surface area is 109 Å². The Bertz CT molecular complexity index is 370. The van der Waals surface area contributed by atoms with Gasteiger partial charge in [-0.05, 0) is 31.4 Å². The molecule has 2 heterocycles. The van der Waals surface area contributed by atoms with E-state index in [4.69, 9.17) is 0 Å². The van der Waals surface area contributed by atoms with E-state index in [0.29, 0.717) is 5.92 Å². The second kappa shape index (κ2) is 6.71. The molecule has 0 aliphatic carbocycles. The zero-order chi connectivity index (χ0) is 12.8. The lowest BCUT2D eigenvalue weighted by Crippen LogP contribution is -2.38. The Morgan fingerprint density at radius 1 is 1.56 bits per heavy atom. The fourth-order valence-electron chi connectivity index (χ4n) is 2.52. The first kappa shape index (κ1) is 13.3. The molecule has 1 unspecified atom stereocenters. The third-order valence-corrected chi connectivity index (χ3v) is 3.51. The Morgan fingerprint density at radius 3 is 3.22 bits per heavy atom. The van der Waals surface area contributed by atoms with Gasteiger partial charge in [-0.1, -0.05) is 13.0 Å². The molecule has 1 aliphatic heterocycles. The van der Waals surface area contributed by atoms with Crippen LogP contribution in [0.15, 0.2) is 18.3 Å². The van der Waals surface area contributed by atoms with Crippen LogP contribution in [0, 0.1) is 5.92 Å². The second-order valence-electron chi connectivity index (χ2n) is 4.90. The van der Waals surface area contributed by atoms with Crippen molar-refractivity contribution < 1.29 is 5.11 Å². The van der Waals surface area contributed by atoms with Gasteiger partial charge in [-0.15, -0.1) is 0 Å². The number of piperidine rings is 1. The van der Waals surface area contributed by atoms with Crippen LogP contribution in [0.4, 0.5) is 5.82 Å². The first-order valence-corrected chi connectivity index (χ1v) is 6.85. The van der Waals surface area contributed by atoms with E-state index in [1.807, 2.05) is 12.3 Å². The molecule has 1 saturated heterocycles. The van der Waals surface area contributed by atoms with Gasteiger partial charge < -0.3 is 15.3 Å². The lowest BCUT2D eigenvalue weighted by molar-refractivity contribution is 0.208. The van der Waals surface area contributed by atoms with Crippen LogP contribution >= 0.6 is 0 Å². The molecule has 4 heteroatoms. The topological polar surface area (TPSA) is 48.4 Å². The summed E-state index contributed by atoms with van der Waals surface area (Å²) in [5.74, 6) is 1.48. The second-order valence-corrected chi connectivity index (χ2v) is 4.90. The fraction of sp³-hybridized carbons (Fsp3) is 0.643. The van der Waals surface area contributed by atoms with Gasteiger partial charge in [-0.25, -0.2) is 4.98 Å². The highest BCUT2D eigenvalue weighted by molar-refractivity contribution is 5.47. The van der Waals surface area contributed by atoms with Gasteiger partial charge in [0.2, 0.25) is 0 Å². The molecule has 2 rings (SSSR count). The van der Waals surface area contributed by atoms with E-state index in [-0.39, 0.29) is 6.61 Å². The Balaban J connectivity index is 2.11. The van der Waals surface area contributed by atoms with Gasteiger partial charge in [0.05, 0.1) is 0 Å². The zero-order valence-electron chi connectivity index (χ0n) is 11.1. The summed E-state index contributed by atoms with van der Waals surface area (Å²) >= 11 is 0. The lowest BCUT2D eigenvalue weighted by atomic mass is 9.98. The minimum absolute atomic E-state index is 0.284. The molecular formula is C14H23N3O. The van der Waals surface area contributed by atoms with E-state index < -0.39 is 0 Å². The molecule has 2 N–H and O–H groups in total. The monoisotopic (exact) mass is 249 g/mol. The van der Waals surface area contributed by atoms with Gasteiger partial charge in [0, 0.05) is 38.0 Å². The Kier molecular flexibility index (Phi) is 4.96. The number of aliphatic hydroxyl groups is 1. The number of nitrogens with one attached hydrogen (secondary N) is 1. The quantitative estimate of drug-likeness (QED) is 0.828. The van der Waals surface area contributed by atoms with Gasteiger partial charge in [-0.2, -0.15) is 0 Å². The maximum atomic E-state index is 9.31. The number of nitrogens with zero attached hydrogens (tertiary/aromatic N) is 2. The van der Waals surface area contributed by atoms with Crippen molar-refractivity contribution in [3.8, 4) is 0 Å². The average Bonchev–Trinajstić information content (AvgIpc) is 2.45. The van der Waals surface area contributed by atoms with Crippen molar-refractivity contribution in [2.75, 3.05) is 31.1 Å². The molecule has 0 saturated carbocycles. The third kappa shape index (κ3) is 3.21. The fourth-order valence-corrected chi connectivity index (χ4v) is 2.52. The summed E-state index contributed by atoms with van der Waals surface area (Å²) in [7, 11) is 0. The number of hydrogen-bond donors (Lipinski definition) is 2. The van der Waals surface area contributed by atoms with E-state index in [1.165, 1.54) is 5.56 Å². The normalized spacial score (nSPS) is 20.1. The van der Waals surface area contributed by atoms with Crippen molar-refractivity contribution >= 4 is 5.82 Å². The van der Waals surface area contributed by atoms with Gasteiger partial charge in [0.1, 0.15) is 5.82 Å². The van der Waals surface area contributed by atoms with Crippen LogP contribution in [-0.4, -0.2) is 36.3 Å². The number of anilines is 1. The van der Waals surface area contributed by atoms with E-state index >= 15 is 0 Å². The first-order valence-electron chi connectivity index (χ1n) is 6.85. The summed E-state index contributed by atoms with van der Waals surface area (Å²) < 4.78 is 0. The van der Waals surface area contributed by atoms with Crippen LogP contribution in [0.25, 0.3) is 0 Å². The summed E-state index contributed by atoms with van der Waals surface area (Å²) in [5.41, 5.74) is 1.25. The third-order valence-electron chi connectivity index (χ3n) is 3.51. The molecule has 4 nitrogen and oxygen atoms in total. The van der Waals surface area contributed by atoms with E-state index in [1.54, 1.807) is 0 Å². The predicted molar refractivity (Wildman–Crippen MR) is 73.6 cm³/mol. The molecule has 1 aliphatic rings. The van der Waals surface area contributed by atoms with Crippen molar-refractivity contribution in [1.82, 2.24) is 10.3 Å². The van der Waals surface area contributed by atoms with Crippen LogP contribution < -0.4 is 10.2 Å². The number of hydrogen-bond acceptors (Lipinski definition) is 4. The molecule has 0 amide bonds. The maximum Gasteiger partial charge on any atom is 0.133 e. The summed E-state index contributed by atoms with van der Waals surface area (Å²) in [6.07, 6.45) is 4.12. The van der Waals surface area contributed by atoms with Crippen LogP contribution in [0.3, 0.4) is 0 Å². The zero-order valence-corrected chi connectivity index (χ0v) is 11.1. The van der Waals surface area contributed by atoms with Gasteiger partial charge >= 0.3 is 0 Å². The molecule has 100 valence electrons. The van der Waals surface area contributed by atoms with Crippen LogP contribution in [0.2, 0.25) is 0 Å². The molecule has 0 radical (unpaired) electrons. The summed E-state index contributed by atoms with van der Waals surface area (Å²) in [5, 5.41) is 12.7. The number of rotatable bonds is 5. The highest BCUT2D eigenvalue weighted by Gasteiger charge is 2.21. The number of pyridine rings is 1. The van der Waals surface area contributed by atoms with E-state index in [9.17, 15) is 5.11 Å². The lowest BCUT2D eigenvalue weighted by Gasteiger charge is -2.33. The summed E-state index contributed by atoms with van der Waals surface area (Å²) in [6, 6.07) is 4.12. The summed E-state index contributed by atoms with van der Waals surface area (Å²) in [6.45, 7) is 6.19. The number of aromatic nitrogens is 1. The predicted octanol–water partition coefficient (Wildman–Crippen LogP) is 1.40. The van der Waals surface area contributed by atoms with Gasteiger partial charge in [0.15, 0.2) is 0 Å². The maximum absolute atomic E-state index is 9.31. The first-order chi connectivity index (χ1) is 8.85. The van der Waals surface area contributed by atoms with E-state index in [2.05, 4.69) is 28.2 Å². The van der Waals surface area contributed by atoms with Gasteiger partial charge in [0.25, 0.3) is 0 Å². The Morgan fingerprint density at radius 2 is 2.44 bits per heavy atom. The van der Waals surface area contributed by atoms with Crippen LogP contribution in [0.5, 0.6) is 0 Å². The molecule has 1 aromatic rings. The largest absolute Gasteiger partial charge is 0.396 e. The molecule has 1 atom stereocenters.